The van der Waals surface area contributed by atoms with Crippen molar-refractivity contribution in [2.45, 2.75) is 6.61 Å². The minimum atomic E-state index is -0.565. The highest BCUT2D eigenvalue weighted by atomic mass is 127. The molecule has 1 aliphatic heterocycles. The first-order valence-electron chi connectivity index (χ1n) is 9.73. The quantitative estimate of drug-likeness (QED) is 0.229. The Bertz CT molecular complexity index is 1280. The molecule has 0 unspecified atom stereocenters. The molecule has 1 saturated heterocycles. The Morgan fingerprint density at radius 3 is 2.64 bits per heavy atom. The summed E-state index contributed by atoms with van der Waals surface area (Å²) < 4.78 is 25.5. The Morgan fingerprint density at radius 1 is 1.12 bits per heavy atom. The number of carbonyl (C=O) groups is 2. The maximum absolute atomic E-state index is 13.4. The lowest BCUT2D eigenvalue weighted by molar-refractivity contribution is -0.113. The van der Waals surface area contributed by atoms with Crippen LogP contribution >= 0.6 is 34.2 Å². The second-order valence-corrected chi connectivity index (χ2v) is 8.66. The van der Waals surface area contributed by atoms with Crippen LogP contribution in [-0.4, -0.2) is 19.0 Å². The average molecular weight is 579 g/mol. The van der Waals surface area contributed by atoms with Crippen molar-refractivity contribution in [3.8, 4) is 11.5 Å². The van der Waals surface area contributed by atoms with Gasteiger partial charge in [-0.05, 0) is 82.3 Å². The Hall–Kier alpha value is -3.11. The minimum absolute atomic E-state index is 0.117. The molecule has 9 heteroatoms. The number of rotatable bonds is 6. The van der Waals surface area contributed by atoms with Gasteiger partial charge in [0.25, 0.3) is 5.91 Å². The van der Waals surface area contributed by atoms with Crippen molar-refractivity contribution in [2.75, 3.05) is 12.0 Å². The average Bonchev–Trinajstić information content (AvgIpc) is 3.05. The van der Waals surface area contributed by atoms with Crippen molar-refractivity contribution in [1.82, 2.24) is 5.32 Å². The van der Waals surface area contributed by atoms with Crippen LogP contribution in [0.25, 0.3) is 6.08 Å². The summed E-state index contributed by atoms with van der Waals surface area (Å²) in [6.07, 6.45) is 1.56. The number of hydrogen-bond acceptors (Lipinski definition) is 4. The third kappa shape index (κ3) is 5.12. The summed E-state index contributed by atoms with van der Waals surface area (Å²) in [5, 5.41) is 3.00. The van der Waals surface area contributed by atoms with E-state index in [1.165, 1.54) is 19.2 Å². The molecule has 1 N–H and O–H groups in total. The van der Waals surface area contributed by atoms with Crippen LogP contribution in [0.3, 0.4) is 0 Å². The molecule has 0 spiro atoms. The number of nitrogens with one attached hydrogen (secondary N) is 1. The van der Waals surface area contributed by atoms with E-state index in [1.807, 2.05) is 0 Å². The lowest BCUT2D eigenvalue weighted by Gasteiger charge is -2.14. The van der Waals surface area contributed by atoms with Gasteiger partial charge < -0.3 is 14.8 Å². The summed E-state index contributed by atoms with van der Waals surface area (Å²) in [4.78, 5) is 26.3. The minimum Gasteiger partial charge on any atom is -0.493 e. The van der Waals surface area contributed by atoms with Gasteiger partial charge in [-0.1, -0.05) is 29.8 Å². The van der Waals surface area contributed by atoms with Crippen molar-refractivity contribution >= 4 is 57.9 Å². The van der Waals surface area contributed by atoms with Crippen LogP contribution in [0.1, 0.15) is 11.1 Å². The van der Waals surface area contributed by atoms with Crippen molar-refractivity contribution in [3.63, 3.8) is 0 Å². The molecule has 0 aliphatic carbocycles. The molecule has 0 bridgehead atoms. The van der Waals surface area contributed by atoms with Crippen LogP contribution in [0.5, 0.6) is 11.5 Å². The van der Waals surface area contributed by atoms with Crippen molar-refractivity contribution < 1.29 is 23.5 Å². The standard InChI is InChI=1S/C24H17ClFIN2O4/c1-32-21-11-15(9-19(27)22(21)33-13-14-4-2-6-17(26)8-14)10-20-23(30)29(24(31)28-20)18-7-3-5-16(25)12-18/h2-12H,13H2,1H3,(H,28,31)/b20-10+. The topological polar surface area (TPSA) is 67.9 Å². The first kappa shape index (κ1) is 23.1. The number of carbonyl (C=O) groups excluding carboxylic acids is 2. The summed E-state index contributed by atoms with van der Waals surface area (Å²) in [7, 11) is 1.50. The zero-order valence-electron chi connectivity index (χ0n) is 17.3. The van der Waals surface area contributed by atoms with Crippen molar-refractivity contribution in [1.29, 1.82) is 0 Å². The number of benzene rings is 3. The molecule has 168 valence electrons. The second kappa shape index (κ2) is 9.80. The smallest absolute Gasteiger partial charge is 0.333 e. The van der Waals surface area contributed by atoms with Gasteiger partial charge in [0.2, 0.25) is 0 Å². The van der Waals surface area contributed by atoms with Gasteiger partial charge in [0.1, 0.15) is 18.1 Å². The van der Waals surface area contributed by atoms with Crippen molar-refractivity contribution in [2.24, 2.45) is 0 Å². The molecule has 0 aromatic heterocycles. The Labute approximate surface area is 208 Å². The number of anilines is 1. The van der Waals surface area contributed by atoms with Gasteiger partial charge in [0.05, 0.1) is 16.4 Å². The molecule has 0 saturated carbocycles. The molecule has 1 aliphatic rings. The molecule has 0 atom stereocenters. The van der Waals surface area contributed by atoms with E-state index in [0.29, 0.717) is 33.3 Å². The summed E-state index contributed by atoms with van der Waals surface area (Å²) in [6, 6.07) is 15.6. The number of amides is 3. The number of ether oxygens (including phenoxy) is 2. The number of nitrogens with zero attached hydrogens (tertiary/aromatic N) is 1. The molecule has 6 nitrogen and oxygen atoms in total. The number of halogens is 3. The van der Waals surface area contributed by atoms with E-state index in [2.05, 4.69) is 27.9 Å². The van der Waals surface area contributed by atoms with Crippen LogP contribution in [0.2, 0.25) is 5.02 Å². The van der Waals surface area contributed by atoms with Gasteiger partial charge in [0, 0.05) is 5.02 Å². The lowest BCUT2D eigenvalue weighted by Crippen LogP contribution is -2.30. The summed E-state index contributed by atoms with van der Waals surface area (Å²) in [5.41, 5.74) is 1.80. The normalized spacial score (nSPS) is 14.5. The first-order valence-corrected chi connectivity index (χ1v) is 11.2. The number of methoxy groups -OCH3 is 1. The second-order valence-electron chi connectivity index (χ2n) is 7.06. The van der Waals surface area contributed by atoms with E-state index in [0.717, 1.165) is 8.47 Å². The van der Waals surface area contributed by atoms with Gasteiger partial charge in [-0.15, -0.1) is 0 Å². The molecule has 1 fully saturated rings. The van der Waals surface area contributed by atoms with Crippen molar-refractivity contribution in [3.05, 3.63) is 91.9 Å². The Balaban J connectivity index is 1.58. The van der Waals surface area contributed by atoms with Crippen LogP contribution in [0.15, 0.2) is 66.4 Å². The molecular formula is C24H17ClFIN2O4. The van der Waals surface area contributed by atoms with Gasteiger partial charge in [-0.3, -0.25) is 4.79 Å². The highest BCUT2D eigenvalue weighted by Gasteiger charge is 2.35. The third-order valence-corrected chi connectivity index (χ3v) is 5.82. The molecule has 3 aromatic carbocycles. The predicted molar refractivity (Wildman–Crippen MR) is 132 cm³/mol. The Morgan fingerprint density at radius 2 is 1.91 bits per heavy atom. The largest absolute Gasteiger partial charge is 0.493 e. The zero-order chi connectivity index (χ0) is 23.5. The number of hydrogen-bond donors (Lipinski definition) is 1. The highest BCUT2D eigenvalue weighted by molar-refractivity contribution is 14.1. The van der Waals surface area contributed by atoms with E-state index in [-0.39, 0.29) is 18.1 Å². The van der Waals surface area contributed by atoms with Gasteiger partial charge in [0.15, 0.2) is 11.5 Å². The first-order chi connectivity index (χ1) is 15.9. The molecule has 3 aromatic rings. The van der Waals surface area contributed by atoms with Crippen LogP contribution < -0.4 is 19.7 Å². The van der Waals surface area contributed by atoms with Gasteiger partial charge >= 0.3 is 6.03 Å². The molecule has 0 radical (unpaired) electrons. The van der Waals surface area contributed by atoms with E-state index in [9.17, 15) is 14.0 Å². The highest BCUT2D eigenvalue weighted by Crippen LogP contribution is 2.35. The zero-order valence-corrected chi connectivity index (χ0v) is 20.2. The fourth-order valence-corrected chi connectivity index (χ4v) is 4.26. The predicted octanol–water partition coefficient (Wildman–Crippen LogP) is 5.77. The molecule has 1 heterocycles. The summed E-state index contributed by atoms with van der Waals surface area (Å²) in [6.45, 7) is 0.160. The van der Waals surface area contributed by atoms with E-state index < -0.39 is 11.9 Å². The van der Waals surface area contributed by atoms with Gasteiger partial charge in [-0.2, -0.15) is 0 Å². The number of urea groups is 1. The summed E-state index contributed by atoms with van der Waals surface area (Å²) in [5.74, 6) is 0.0953. The van der Waals surface area contributed by atoms with E-state index in [1.54, 1.807) is 54.6 Å². The Kier molecular flexibility index (Phi) is 6.85. The van der Waals surface area contributed by atoms with Gasteiger partial charge in [-0.25, -0.2) is 14.1 Å². The lowest BCUT2D eigenvalue weighted by atomic mass is 10.1. The SMILES string of the molecule is COc1cc(/C=C2/NC(=O)N(c3cccc(Cl)c3)C2=O)cc(I)c1OCc1cccc(F)c1. The summed E-state index contributed by atoms with van der Waals surface area (Å²) >= 11 is 8.09. The molecular weight excluding hydrogens is 562 g/mol. The maximum Gasteiger partial charge on any atom is 0.333 e. The van der Waals surface area contributed by atoms with Crippen LogP contribution in [-0.2, 0) is 11.4 Å². The fraction of sp³-hybridized carbons (Fsp3) is 0.0833. The monoisotopic (exact) mass is 578 g/mol. The fourth-order valence-electron chi connectivity index (χ4n) is 3.30. The van der Waals surface area contributed by atoms with E-state index in [4.69, 9.17) is 21.1 Å². The number of imide groups is 1. The van der Waals surface area contributed by atoms with Crippen LogP contribution in [0, 0.1) is 9.39 Å². The third-order valence-electron chi connectivity index (χ3n) is 4.78. The molecule has 3 amide bonds. The maximum atomic E-state index is 13.4. The van der Waals surface area contributed by atoms with E-state index >= 15 is 0 Å². The molecule has 4 rings (SSSR count). The molecule has 33 heavy (non-hydrogen) atoms. The van der Waals surface area contributed by atoms with Crippen LogP contribution in [0.4, 0.5) is 14.9 Å².